The number of hydrogen-bond acceptors (Lipinski definition) is 6. The maximum absolute atomic E-state index is 11.7. The minimum atomic E-state index is -1.06. The van der Waals surface area contributed by atoms with Gasteiger partial charge in [0.15, 0.2) is 12.4 Å². The molecule has 1 N–H and O–H groups in total. The summed E-state index contributed by atoms with van der Waals surface area (Å²) in [5.41, 5.74) is 3.36. The first-order valence-electron chi connectivity index (χ1n) is 9.60. The number of carbonyl (C=O) groups excluding carboxylic acids is 1. The van der Waals surface area contributed by atoms with Crippen LogP contribution in [-0.2, 0) is 17.8 Å². The number of fused-ring (bicyclic) bond motifs is 1. The number of pyridine rings is 1. The van der Waals surface area contributed by atoms with Crippen molar-refractivity contribution in [3.8, 4) is 22.9 Å². The average molecular weight is 407 g/mol. The van der Waals surface area contributed by atoms with E-state index < -0.39 is 12.1 Å². The molecule has 2 aromatic heterocycles. The van der Waals surface area contributed by atoms with Crippen LogP contribution in [0.4, 0.5) is 0 Å². The predicted molar refractivity (Wildman–Crippen MR) is 108 cm³/mol. The molecule has 0 saturated carbocycles. The Balaban J connectivity index is 1.62. The highest BCUT2D eigenvalue weighted by molar-refractivity contribution is 5.86. The fourth-order valence-corrected chi connectivity index (χ4v) is 3.54. The molecule has 8 nitrogen and oxygen atoms in total. The van der Waals surface area contributed by atoms with Gasteiger partial charge >= 0.3 is 5.97 Å². The Morgan fingerprint density at radius 1 is 1.33 bits per heavy atom. The molecule has 1 aromatic carbocycles. The Labute approximate surface area is 173 Å². The van der Waals surface area contributed by atoms with Crippen molar-refractivity contribution in [1.29, 1.82) is 0 Å². The zero-order chi connectivity index (χ0) is 21.3. The van der Waals surface area contributed by atoms with Gasteiger partial charge in [0.1, 0.15) is 18.1 Å². The SMILES string of the molecule is CC(C)n1nccc1-c1ncccc1COc1ccc2c(c1C=O)OC(C(=O)O)C2. The molecule has 0 fully saturated rings. The number of rotatable bonds is 7. The van der Waals surface area contributed by atoms with Crippen LogP contribution in [0.2, 0.25) is 0 Å². The summed E-state index contributed by atoms with van der Waals surface area (Å²) in [6.07, 6.45) is 3.31. The van der Waals surface area contributed by atoms with Crippen molar-refractivity contribution < 1.29 is 24.2 Å². The highest BCUT2D eigenvalue weighted by Crippen LogP contribution is 2.37. The monoisotopic (exact) mass is 407 g/mol. The number of carboxylic acids is 1. The number of aliphatic carboxylic acids is 1. The molecular formula is C22H21N3O5. The Bertz CT molecular complexity index is 1110. The van der Waals surface area contributed by atoms with Crippen molar-refractivity contribution in [3.63, 3.8) is 0 Å². The molecule has 0 saturated heterocycles. The Morgan fingerprint density at radius 3 is 2.90 bits per heavy atom. The van der Waals surface area contributed by atoms with Gasteiger partial charge in [-0.05, 0) is 37.6 Å². The van der Waals surface area contributed by atoms with Gasteiger partial charge < -0.3 is 14.6 Å². The lowest BCUT2D eigenvalue weighted by Crippen LogP contribution is -2.24. The fourth-order valence-electron chi connectivity index (χ4n) is 3.54. The molecule has 0 radical (unpaired) electrons. The number of carbonyl (C=O) groups is 2. The summed E-state index contributed by atoms with van der Waals surface area (Å²) in [6, 6.07) is 9.21. The molecule has 0 spiro atoms. The lowest BCUT2D eigenvalue weighted by atomic mass is 10.1. The highest BCUT2D eigenvalue weighted by Gasteiger charge is 2.32. The number of ether oxygens (including phenoxy) is 2. The average Bonchev–Trinajstić information content (AvgIpc) is 3.39. The molecule has 8 heteroatoms. The molecule has 1 atom stereocenters. The van der Waals surface area contributed by atoms with Crippen molar-refractivity contribution in [1.82, 2.24) is 14.8 Å². The van der Waals surface area contributed by atoms with E-state index in [4.69, 9.17) is 9.47 Å². The summed E-state index contributed by atoms with van der Waals surface area (Å²) in [4.78, 5) is 27.5. The second-order valence-electron chi connectivity index (χ2n) is 7.29. The van der Waals surface area contributed by atoms with Gasteiger partial charge in [-0.25, -0.2) is 4.79 Å². The van der Waals surface area contributed by atoms with Crippen molar-refractivity contribution in [2.24, 2.45) is 0 Å². The van der Waals surface area contributed by atoms with Crippen LogP contribution in [0.1, 0.15) is 41.4 Å². The van der Waals surface area contributed by atoms with E-state index in [2.05, 4.69) is 10.1 Å². The number of aromatic nitrogens is 3. The van der Waals surface area contributed by atoms with Gasteiger partial charge in [0, 0.05) is 30.4 Å². The first-order chi connectivity index (χ1) is 14.5. The summed E-state index contributed by atoms with van der Waals surface area (Å²) in [6.45, 7) is 4.26. The number of aldehydes is 1. The Hall–Kier alpha value is -3.68. The number of benzene rings is 1. The van der Waals surface area contributed by atoms with Crippen molar-refractivity contribution in [2.75, 3.05) is 0 Å². The summed E-state index contributed by atoms with van der Waals surface area (Å²) in [5.74, 6) is -0.451. The molecule has 4 rings (SSSR count). The van der Waals surface area contributed by atoms with Gasteiger partial charge in [-0.2, -0.15) is 5.10 Å². The maximum atomic E-state index is 11.7. The molecule has 0 bridgehead atoms. The topological polar surface area (TPSA) is 104 Å². The highest BCUT2D eigenvalue weighted by atomic mass is 16.5. The number of hydrogen-bond donors (Lipinski definition) is 1. The molecule has 30 heavy (non-hydrogen) atoms. The van der Waals surface area contributed by atoms with Crippen LogP contribution in [0.15, 0.2) is 42.7 Å². The Morgan fingerprint density at radius 2 is 2.17 bits per heavy atom. The van der Waals surface area contributed by atoms with Crippen molar-refractivity contribution >= 4 is 12.3 Å². The third-order valence-electron chi connectivity index (χ3n) is 4.97. The molecule has 1 aliphatic rings. The van der Waals surface area contributed by atoms with E-state index in [-0.39, 0.29) is 30.4 Å². The molecule has 1 aliphatic heterocycles. The van der Waals surface area contributed by atoms with Crippen LogP contribution >= 0.6 is 0 Å². The second-order valence-corrected chi connectivity index (χ2v) is 7.29. The smallest absolute Gasteiger partial charge is 0.345 e. The molecule has 3 aromatic rings. The normalized spacial score (nSPS) is 15.0. The lowest BCUT2D eigenvalue weighted by Gasteiger charge is -2.15. The molecule has 3 heterocycles. The standard InChI is InChI=1S/C22H21N3O5/c1-13(2)25-17(7-9-24-25)20-15(4-3-8-23-20)12-29-18-6-5-14-10-19(22(27)28)30-21(14)16(18)11-26/h3-9,11,13,19H,10,12H2,1-2H3,(H,27,28). The van der Waals surface area contributed by atoms with Crippen LogP contribution in [0.3, 0.4) is 0 Å². The predicted octanol–water partition coefficient (Wildman–Crippen LogP) is 3.31. The second kappa shape index (κ2) is 7.98. The summed E-state index contributed by atoms with van der Waals surface area (Å²) in [5, 5.41) is 13.6. The minimum absolute atomic E-state index is 0.170. The van der Waals surface area contributed by atoms with Crippen LogP contribution in [0.5, 0.6) is 11.5 Å². The van der Waals surface area contributed by atoms with E-state index in [1.165, 1.54) is 0 Å². The lowest BCUT2D eigenvalue weighted by molar-refractivity contribution is -0.144. The molecule has 0 aliphatic carbocycles. The van der Waals surface area contributed by atoms with E-state index in [0.29, 0.717) is 17.6 Å². The van der Waals surface area contributed by atoms with Gasteiger partial charge in [0.2, 0.25) is 0 Å². The van der Waals surface area contributed by atoms with E-state index in [1.54, 1.807) is 24.5 Å². The van der Waals surface area contributed by atoms with Gasteiger partial charge in [-0.3, -0.25) is 14.5 Å². The zero-order valence-corrected chi connectivity index (χ0v) is 16.6. The van der Waals surface area contributed by atoms with Gasteiger partial charge in [-0.1, -0.05) is 12.1 Å². The summed E-state index contributed by atoms with van der Waals surface area (Å²) >= 11 is 0. The third-order valence-corrected chi connectivity index (χ3v) is 4.97. The summed E-state index contributed by atoms with van der Waals surface area (Å²) < 4.78 is 13.3. The van der Waals surface area contributed by atoms with Crippen molar-refractivity contribution in [3.05, 3.63) is 59.4 Å². The van der Waals surface area contributed by atoms with Crippen LogP contribution in [0, 0.1) is 0 Å². The number of nitrogens with zero attached hydrogens (tertiary/aromatic N) is 3. The van der Waals surface area contributed by atoms with E-state index in [1.807, 2.05) is 36.7 Å². The van der Waals surface area contributed by atoms with E-state index in [9.17, 15) is 14.7 Å². The minimum Gasteiger partial charge on any atom is -0.488 e. The van der Waals surface area contributed by atoms with Gasteiger partial charge in [0.05, 0.1) is 17.0 Å². The first kappa shape index (κ1) is 19.6. The molecule has 154 valence electrons. The van der Waals surface area contributed by atoms with Crippen molar-refractivity contribution in [2.45, 2.75) is 39.0 Å². The van der Waals surface area contributed by atoms with E-state index in [0.717, 1.165) is 17.0 Å². The first-order valence-corrected chi connectivity index (χ1v) is 9.60. The quantitative estimate of drug-likeness (QED) is 0.599. The van der Waals surface area contributed by atoms with Crippen LogP contribution in [-0.4, -0.2) is 38.2 Å². The van der Waals surface area contributed by atoms with E-state index >= 15 is 0 Å². The van der Waals surface area contributed by atoms with Crippen LogP contribution in [0.25, 0.3) is 11.4 Å². The molecule has 0 amide bonds. The molecular weight excluding hydrogens is 386 g/mol. The number of carboxylic acid groups (broad SMARTS) is 1. The third kappa shape index (κ3) is 3.52. The fraction of sp³-hybridized carbons (Fsp3) is 0.273. The maximum Gasteiger partial charge on any atom is 0.345 e. The zero-order valence-electron chi connectivity index (χ0n) is 16.6. The Kier molecular flexibility index (Phi) is 5.22. The van der Waals surface area contributed by atoms with Gasteiger partial charge in [-0.15, -0.1) is 0 Å². The van der Waals surface area contributed by atoms with Gasteiger partial charge in [0.25, 0.3) is 0 Å². The molecule has 1 unspecified atom stereocenters. The van der Waals surface area contributed by atoms with Crippen LogP contribution < -0.4 is 9.47 Å². The largest absolute Gasteiger partial charge is 0.488 e. The summed E-state index contributed by atoms with van der Waals surface area (Å²) in [7, 11) is 0.